The Kier molecular flexibility index (Phi) is 1.76. The average molecular weight is 216 g/mol. The predicted molar refractivity (Wildman–Crippen MR) is 61.1 cm³/mol. The topological polar surface area (TPSA) is 48.9 Å². The van der Waals surface area contributed by atoms with Gasteiger partial charge in [-0.1, -0.05) is 12.1 Å². The van der Waals surface area contributed by atoms with E-state index in [9.17, 15) is 5.11 Å². The first kappa shape index (κ1) is 8.49. The summed E-state index contributed by atoms with van der Waals surface area (Å²) in [5, 5.41) is 12.3. The molecule has 0 saturated carbocycles. The molecule has 4 heteroatoms. The zero-order valence-corrected chi connectivity index (χ0v) is 8.58. The second kappa shape index (κ2) is 3.10. The van der Waals surface area contributed by atoms with Crippen LogP contribution in [0.3, 0.4) is 0 Å². The Morgan fingerprint density at radius 3 is 3.00 bits per heavy atom. The second-order valence-electron chi connectivity index (χ2n) is 3.33. The molecule has 0 saturated heterocycles. The molecular formula is C11H8N2OS. The molecule has 3 nitrogen and oxygen atoms in total. The van der Waals surface area contributed by atoms with Gasteiger partial charge in [0.1, 0.15) is 0 Å². The summed E-state index contributed by atoms with van der Waals surface area (Å²) >= 11 is 1.57. The average Bonchev–Trinajstić information content (AvgIpc) is 2.82. The van der Waals surface area contributed by atoms with Gasteiger partial charge in [0.05, 0.1) is 11.2 Å². The summed E-state index contributed by atoms with van der Waals surface area (Å²) < 4.78 is 0. The number of H-pyrrole nitrogens is 1. The molecule has 0 aliphatic heterocycles. The molecular weight excluding hydrogens is 208 g/mol. The molecule has 0 bridgehead atoms. The van der Waals surface area contributed by atoms with Crippen LogP contribution in [0.4, 0.5) is 0 Å². The van der Waals surface area contributed by atoms with E-state index in [-0.39, 0.29) is 5.88 Å². The Morgan fingerprint density at radius 1 is 1.27 bits per heavy atom. The second-order valence-corrected chi connectivity index (χ2v) is 4.05. The summed E-state index contributed by atoms with van der Waals surface area (Å²) in [5.74, 6) is 0.195. The number of hydrogen-bond donors (Lipinski definition) is 2. The van der Waals surface area contributed by atoms with Crippen LogP contribution in [0.5, 0.6) is 5.88 Å². The highest BCUT2D eigenvalue weighted by Gasteiger charge is 2.03. The highest BCUT2D eigenvalue weighted by Crippen LogP contribution is 2.25. The summed E-state index contributed by atoms with van der Waals surface area (Å²) in [7, 11) is 0. The van der Waals surface area contributed by atoms with E-state index in [1.54, 1.807) is 17.4 Å². The van der Waals surface area contributed by atoms with E-state index >= 15 is 0 Å². The van der Waals surface area contributed by atoms with Gasteiger partial charge in [0.15, 0.2) is 5.88 Å². The third-order valence-corrected chi connectivity index (χ3v) is 2.92. The fourth-order valence-corrected chi connectivity index (χ4v) is 2.19. The third kappa shape index (κ3) is 1.39. The maximum Gasteiger partial charge on any atom is 0.189 e. The predicted octanol–water partition coefficient (Wildman–Crippen LogP) is 3.00. The molecule has 0 fully saturated rings. The zero-order valence-electron chi connectivity index (χ0n) is 7.77. The van der Waals surface area contributed by atoms with Crippen LogP contribution >= 0.6 is 11.3 Å². The lowest BCUT2D eigenvalue weighted by Gasteiger charge is -1.96. The zero-order chi connectivity index (χ0) is 10.3. The lowest BCUT2D eigenvalue weighted by atomic mass is 10.1. The molecule has 0 unspecified atom stereocenters. The number of benzene rings is 1. The fourth-order valence-electron chi connectivity index (χ4n) is 1.63. The van der Waals surface area contributed by atoms with Crippen LogP contribution < -0.4 is 0 Å². The largest absolute Gasteiger partial charge is 0.495 e. The van der Waals surface area contributed by atoms with Crippen molar-refractivity contribution in [3.63, 3.8) is 0 Å². The van der Waals surface area contributed by atoms with Gasteiger partial charge in [-0.2, -0.15) is 0 Å². The van der Waals surface area contributed by atoms with Crippen LogP contribution in [-0.4, -0.2) is 15.1 Å². The van der Waals surface area contributed by atoms with E-state index in [2.05, 4.69) is 9.97 Å². The number of rotatable bonds is 1. The van der Waals surface area contributed by atoms with Gasteiger partial charge in [-0.05, 0) is 6.07 Å². The van der Waals surface area contributed by atoms with Crippen LogP contribution in [-0.2, 0) is 0 Å². The SMILES string of the molecule is Oc1cc2ccc(-c3cscn3)cc2[nH]1. The molecule has 0 aliphatic rings. The van der Waals surface area contributed by atoms with E-state index in [0.717, 1.165) is 22.2 Å². The molecule has 1 aromatic carbocycles. The van der Waals surface area contributed by atoms with Crippen molar-refractivity contribution in [2.75, 3.05) is 0 Å². The number of aromatic amines is 1. The summed E-state index contributed by atoms with van der Waals surface area (Å²) in [6.07, 6.45) is 0. The first-order valence-corrected chi connectivity index (χ1v) is 5.47. The van der Waals surface area contributed by atoms with E-state index in [4.69, 9.17) is 0 Å². The maximum absolute atomic E-state index is 9.31. The number of nitrogens with one attached hydrogen (secondary N) is 1. The number of thiazole rings is 1. The highest BCUT2D eigenvalue weighted by molar-refractivity contribution is 7.07. The monoisotopic (exact) mass is 216 g/mol. The van der Waals surface area contributed by atoms with Crippen LogP contribution in [0.1, 0.15) is 0 Å². The van der Waals surface area contributed by atoms with Gasteiger partial charge in [0.25, 0.3) is 0 Å². The van der Waals surface area contributed by atoms with Gasteiger partial charge in [-0.25, -0.2) is 4.98 Å². The van der Waals surface area contributed by atoms with Crippen molar-refractivity contribution in [1.29, 1.82) is 0 Å². The first-order valence-electron chi connectivity index (χ1n) is 4.53. The Morgan fingerprint density at radius 2 is 2.20 bits per heavy atom. The molecule has 15 heavy (non-hydrogen) atoms. The summed E-state index contributed by atoms with van der Waals surface area (Å²) in [6.45, 7) is 0. The number of hydrogen-bond acceptors (Lipinski definition) is 3. The van der Waals surface area contributed by atoms with Gasteiger partial charge in [-0.15, -0.1) is 11.3 Å². The van der Waals surface area contributed by atoms with Gasteiger partial charge in [0.2, 0.25) is 0 Å². The van der Waals surface area contributed by atoms with Crippen molar-refractivity contribution >= 4 is 22.2 Å². The van der Waals surface area contributed by atoms with Crippen molar-refractivity contribution in [3.8, 4) is 17.1 Å². The van der Waals surface area contributed by atoms with Gasteiger partial charge >= 0.3 is 0 Å². The number of aromatic hydroxyl groups is 1. The number of fused-ring (bicyclic) bond motifs is 1. The smallest absolute Gasteiger partial charge is 0.189 e. The molecule has 0 atom stereocenters. The van der Waals surface area contributed by atoms with Gasteiger partial charge in [-0.3, -0.25) is 0 Å². The van der Waals surface area contributed by atoms with Crippen molar-refractivity contribution in [3.05, 3.63) is 35.2 Å². The number of nitrogens with zero attached hydrogens (tertiary/aromatic N) is 1. The van der Waals surface area contributed by atoms with Crippen LogP contribution in [0.2, 0.25) is 0 Å². The van der Waals surface area contributed by atoms with E-state index in [1.165, 1.54) is 0 Å². The molecule has 0 amide bonds. The number of aromatic nitrogens is 2. The molecule has 0 spiro atoms. The van der Waals surface area contributed by atoms with E-state index in [0.29, 0.717) is 0 Å². The lowest BCUT2D eigenvalue weighted by molar-refractivity contribution is 0.458. The highest BCUT2D eigenvalue weighted by atomic mass is 32.1. The Hall–Kier alpha value is -1.81. The normalized spacial score (nSPS) is 10.9. The summed E-state index contributed by atoms with van der Waals surface area (Å²) in [6, 6.07) is 7.68. The van der Waals surface area contributed by atoms with Crippen molar-refractivity contribution in [1.82, 2.24) is 9.97 Å². The van der Waals surface area contributed by atoms with Gasteiger partial charge < -0.3 is 10.1 Å². The minimum Gasteiger partial charge on any atom is -0.495 e. The Labute approximate surface area is 90.0 Å². The minimum atomic E-state index is 0.195. The quantitative estimate of drug-likeness (QED) is 0.657. The Balaban J connectivity index is 2.21. The third-order valence-electron chi connectivity index (χ3n) is 2.34. The van der Waals surface area contributed by atoms with Crippen molar-refractivity contribution < 1.29 is 5.11 Å². The standard InChI is InChI=1S/C11H8N2OS/c14-11-4-8-2-1-7(3-9(8)13-11)10-5-15-6-12-10/h1-6,13-14H. The van der Waals surface area contributed by atoms with Crippen LogP contribution in [0, 0.1) is 0 Å². The van der Waals surface area contributed by atoms with E-state index in [1.807, 2.05) is 29.1 Å². The van der Waals surface area contributed by atoms with Crippen LogP contribution in [0.15, 0.2) is 35.2 Å². The van der Waals surface area contributed by atoms with Crippen molar-refractivity contribution in [2.24, 2.45) is 0 Å². The van der Waals surface area contributed by atoms with Crippen LogP contribution in [0.25, 0.3) is 22.2 Å². The summed E-state index contributed by atoms with van der Waals surface area (Å²) in [5.41, 5.74) is 4.77. The minimum absolute atomic E-state index is 0.195. The van der Waals surface area contributed by atoms with Crippen molar-refractivity contribution in [2.45, 2.75) is 0 Å². The molecule has 3 rings (SSSR count). The molecule has 0 radical (unpaired) electrons. The fraction of sp³-hybridized carbons (Fsp3) is 0. The molecule has 0 aliphatic carbocycles. The molecule has 74 valence electrons. The van der Waals surface area contributed by atoms with Gasteiger partial charge in [0, 0.05) is 27.9 Å². The molecule has 3 aromatic rings. The van der Waals surface area contributed by atoms with E-state index < -0.39 is 0 Å². The first-order chi connectivity index (χ1) is 7.33. The lowest BCUT2D eigenvalue weighted by Crippen LogP contribution is -1.76. The Bertz CT molecular complexity index is 598. The summed E-state index contributed by atoms with van der Waals surface area (Å²) in [4.78, 5) is 7.13. The molecule has 2 heterocycles. The maximum atomic E-state index is 9.31. The molecule has 2 aromatic heterocycles. The molecule has 2 N–H and O–H groups in total.